The molecule has 1 unspecified atom stereocenters. The van der Waals surface area contributed by atoms with Crippen molar-refractivity contribution in [3.05, 3.63) is 21.9 Å². The molecule has 1 saturated heterocycles. The van der Waals surface area contributed by atoms with Crippen LogP contribution >= 0.6 is 11.3 Å². The van der Waals surface area contributed by atoms with Crippen molar-refractivity contribution in [1.29, 1.82) is 0 Å². The summed E-state index contributed by atoms with van der Waals surface area (Å²) in [6.45, 7) is 5.21. The molecule has 0 radical (unpaired) electrons. The van der Waals surface area contributed by atoms with Gasteiger partial charge in [-0.2, -0.15) is 0 Å². The lowest BCUT2D eigenvalue weighted by atomic mass is 10.0. The van der Waals surface area contributed by atoms with E-state index in [1.807, 2.05) is 16.7 Å². The van der Waals surface area contributed by atoms with E-state index in [0.717, 1.165) is 58.3 Å². The first kappa shape index (κ1) is 17.0. The minimum Gasteiger partial charge on any atom is -0.342 e. The maximum atomic E-state index is 12.8. The first-order chi connectivity index (χ1) is 12.1. The van der Waals surface area contributed by atoms with Gasteiger partial charge >= 0.3 is 0 Å². The van der Waals surface area contributed by atoms with Gasteiger partial charge in [-0.3, -0.25) is 9.59 Å². The highest BCUT2D eigenvalue weighted by Gasteiger charge is 2.35. The van der Waals surface area contributed by atoms with E-state index in [2.05, 4.69) is 16.8 Å². The fourth-order valence-corrected chi connectivity index (χ4v) is 4.88. The maximum Gasteiger partial charge on any atom is 0.239 e. The molecule has 1 atom stereocenters. The fourth-order valence-electron chi connectivity index (χ4n) is 3.99. The molecule has 136 valence electrons. The second kappa shape index (κ2) is 7.08. The van der Waals surface area contributed by atoms with Crippen molar-refractivity contribution in [2.75, 3.05) is 19.6 Å². The first-order valence-electron chi connectivity index (χ1n) is 9.50. The summed E-state index contributed by atoms with van der Waals surface area (Å²) in [6, 6.07) is 2.32. The number of piperidine rings is 1. The smallest absolute Gasteiger partial charge is 0.239 e. The van der Waals surface area contributed by atoms with E-state index >= 15 is 0 Å². The van der Waals surface area contributed by atoms with Crippen molar-refractivity contribution >= 4 is 23.2 Å². The third-order valence-corrected chi connectivity index (χ3v) is 6.73. The van der Waals surface area contributed by atoms with Gasteiger partial charge in [-0.25, -0.2) is 0 Å². The summed E-state index contributed by atoms with van der Waals surface area (Å²) in [5.41, 5.74) is 1.31. The zero-order valence-corrected chi connectivity index (χ0v) is 15.7. The number of hydrogen-bond acceptors (Lipinski definition) is 4. The van der Waals surface area contributed by atoms with Gasteiger partial charge in [0, 0.05) is 43.0 Å². The number of nitrogens with zero attached hydrogens (tertiary/aromatic N) is 2. The van der Waals surface area contributed by atoms with Crippen LogP contribution in [0.25, 0.3) is 0 Å². The van der Waals surface area contributed by atoms with E-state index in [1.165, 1.54) is 10.4 Å². The normalized spacial score (nSPS) is 22.6. The maximum absolute atomic E-state index is 12.8. The average Bonchev–Trinajstić information content (AvgIpc) is 3.38. The van der Waals surface area contributed by atoms with Crippen LogP contribution in [0.2, 0.25) is 0 Å². The van der Waals surface area contributed by atoms with Crippen LogP contribution in [0.1, 0.15) is 43.0 Å². The van der Waals surface area contributed by atoms with Crippen molar-refractivity contribution in [3.8, 4) is 0 Å². The van der Waals surface area contributed by atoms with E-state index in [1.54, 1.807) is 11.3 Å². The Balaban J connectivity index is 1.25. The van der Waals surface area contributed by atoms with Crippen molar-refractivity contribution in [2.24, 2.45) is 5.92 Å². The first-order valence-corrected chi connectivity index (χ1v) is 10.4. The topological polar surface area (TPSA) is 52.7 Å². The second-order valence-corrected chi connectivity index (χ2v) is 8.64. The van der Waals surface area contributed by atoms with Crippen molar-refractivity contribution in [1.82, 2.24) is 15.1 Å². The molecule has 1 aromatic heterocycles. The van der Waals surface area contributed by atoms with E-state index < -0.39 is 0 Å². The van der Waals surface area contributed by atoms with E-state index in [0.29, 0.717) is 17.9 Å². The third kappa shape index (κ3) is 3.75. The van der Waals surface area contributed by atoms with E-state index in [-0.39, 0.29) is 11.9 Å². The number of nitrogens with one attached hydrogen (secondary N) is 1. The summed E-state index contributed by atoms with van der Waals surface area (Å²) in [7, 11) is 0. The molecular formula is C19H27N3O2S. The Kier molecular flexibility index (Phi) is 4.82. The molecule has 4 rings (SSSR count). The molecule has 3 heterocycles. The molecule has 6 heteroatoms. The molecule has 5 nitrogen and oxygen atoms in total. The highest BCUT2D eigenvalue weighted by molar-refractivity contribution is 7.10. The minimum atomic E-state index is -0.157. The standard InChI is InChI=1S/C19H27N3O2S/c1-13(18(23)22-10-6-17-15(12-22)7-11-25-17)20-16-4-8-21(9-5-16)19(24)14-2-3-14/h7,11,13-14,16,20H,2-6,8-10,12H2,1H3. The van der Waals surface area contributed by atoms with Gasteiger partial charge in [-0.1, -0.05) is 0 Å². The van der Waals surface area contributed by atoms with Gasteiger partial charge < -0.3 is 15.1 Å². The molecule has 0 bridgehead atoms. The lowest BCUT2D eigenvalue weighted by Crippen LogP contribution is -2.52. The third-order valence-electron chi connectivity index (χ3n) is 5.71. The summed E-state index contributed by atoms with van der Waals surface area (Å²) in [5, 5.41) is 5.63. The van der Waals surface area contributed by atoms with Gasteiger partial charge in [0.1, 0.15) is 0 Å². The van der Waals surface area contributed by atoms with Gasteiger partial charge in [0.2, 0.25) is 11.8 Å². The number of carbonyl (C=O) groups is 2. The predicted molar refractivity (Wildman–Crippen MR) is 98.4 cm³/mol. The highest BCUT2D eigenvalue weighted by atomic mass is 32.1. The molecule has 1 saturated carbocycles. The van der Waals surface area contributed by atoms with Gasteiger partial charge in [0.15, 0.2) is 0 Å². The largest absolute Gasteiger partial charge is 0.342 e. The van der Waals surface area contributed by atoms with Gasteiger partial charge in [-0.05, 0) is 56.0 Å². The Morgan fingerprint density at radius 2 is 1.92 bits per heavy atom. The number of likely N-dealkylation sites (tertiary alicyclic amines) is 1. The summed E-state index contributed by atoms with van der Waals surface area (Å²) in [4.78, 5) is 30.3. The van der Waals surface area contributed by atoms with E-state index in [4.69, 9.17) is 0 Å². The summed E-state index contributed by atoms with van der Waals surface area (Å²) in [6.07, 6.45) is 5.02. The Labute approximate surface area is 153 Å². The van der Waals surface area contributed by atoms with Crippen LogP contribution in [0, 0.1) is 5.92 Å². The zero-order chi connectivity index (χ0) is 17.4. The minimum absolute atomic E-state index is 0.157. The Morgan fingerprint density at radius 1 is 1.16 bits per heavy atom. The molecule has 25 heavy (non-hydrogen) atoms. The lowest BCUT2D eigenvalue weighted by molar-refractivity contribution is -0.136. The SMILES string of the molecule is CC(NC1CCN(C(=O)C2CC2)CC1)C(=O)N1CCc2sccc2C1. The number of carbonyl (C=O) groups excluding carboxylic acids is 2. The molecule has 3 aliphatic rings. The molecule has 0 aromatic carbocycles. The number of rotatable bonds is 4. The van der Waals surface area contributed by atoms with Crippen LogP contribution < -0.4 is 5.32 Å². The van der Waals surface area contributed by atoms with Crippen LogP contribution in [0.5, 0.6) is 0 Å². The van der Waals surface area contributed by atoms with Gasteiger partial charge in [0.05, 0.1) is 6.04 Å². The quantitative estimate of drug-likeness (QED) is 0.893. The van der Waals surface area contributed by atoms with Crippen LogP contribution in [0.15, 0.2) is 11.4 Å². The number of thiophene rings is 1. The van der Waals surface area contributed by atoms with E-state index in [9.17, 15) is 9.59 Å². The van der Waals surface area contributed by atoms with Crippen LogP contribution in [0.3, 0.4) is 0 Å². The predicted octanol–water partition coefficient (Wildman–Crippen LogP) is 2.01. The fraction of sp³-hybridized carbons (Fsp3) is 0.684. The second-order valence-electron chi connectivity index (χ2n) is 7.64. The Hall–Kier alpha value is -1.40. The molecule has 1 aromatic rings. The highest BCUT2D eigenvalue weighted by Crippen LogP contribution is 2.32. The number of fused-ring (bicyclic) bond motifs is 1. The summed E-state index contributed by atoms with van der Waals surface area (Å²) < 4.78 is 0. The van der Waals surface area contributed by atoms with Crippen LogP contribution in [-0.2, 0) is 22.6 Å². The lowest BCUT2D eigenvalue weighted by Gasteiger charge is -2.35. The Morgan fingerprint density at radius 3 is 2.64 bits per heavy atom. The summed E-state index contributed by atoms with van der Waals surface area (Å²) >= 11 is 1.80. The van der Waals surface area contributed by atoms with Gasteiger partial charge in [-0.15, -0.1) is 11.3 Å². The summed E-state index contributed by atoms with van der Waals surface area (Å²) in [5.74, 6) is 0.863. The number of hydrogen-bond donors (Lipinski definition) is 1. The van der Waals surface area contributed by atoms with Crippen LogP contribution in [0.4, 0.5) is 0 Å². The molecule has 0 spiro atoms. The molecular weight excluding hydrogens is 334 g/mol. The van der Waals surface area contributed by atoms with Crippen molar-refractivity contribution in [3.63, 3.8) is 0 Å². The number of amides is 2. The Bertz CT molecular complexity index is 647. The average molecular weight is 362 g/mol. The molecule has 2 aliphatic heterocycles. The molecule has 1 aliphatic carbocycles. The van der Waals surface area contributed by atoms with Crippen molar-refractivity contribution < 1.29 is 9.59 Å². The van der Waals surface area contributed by atoms with Crippen LogP contribution in [-0.4, -0.2) is 53.3 Å². The van der Waals surface area contributed by atoms with Gasteiger partial charge in [0.25, 0.3) is 0 Å². The molecule has 2 amide bonds. The molecule has 1 N–H and O–H groups in total. The molecule has 2 fully saturated rings. The monoisotopic (exact) mass is 361 g/mol. The van der Waals surface area contributed by atoms with Crippen molar-refractivity contribution in [2.45, 2.75) is 57.7 Å². The zero-order valence-electron chi connectivity index (χ0n) is 14.9.